The molecular formula is C12H11ClN2O2. The largest absolute Gasteiger partial charge is 0.449 e. The highest BCUT2D eigenvalue weighted by Gasteiger charge is 2.02. The Kier molecular flexibility index (Phi) is 3.67. The topological polar surface area (TPSA) is 54.3 Å². The van der Waals surface area contributed by atoms with E-state index in [9.17, 15) is 4.79 Å². The third-order valence-electron chi connectivity index (χ3n) is 2.12. The number of anilines is 1. The van der Waals surface area contributed by atoms with Crippen molar-refractivity contribution in [2.75, 3.05) is 5.32 Å². The summed E-state index contributed by atoms with van der Waals surface area (Å²) in [5.41, 5.74) is 0.976. The summed E-state index contributed by atoms with van der Waals surface area (Å²) < 4.78 is 4.98. The first-order valence-electron chi connectivity index (χ1n) is 5.07. The van der Waals surface area contributed by atoms with Crippen LogP contribution in [0.5, 0.6) is 0 Å². The van der Waals surface area contributed by atoms with Crippen LogP contribution >= 0.6 is 11.6 Å². The molecule has 0 saturated carbocycles. The molecule has 1 heterocycles. The molecule has 0 radical (unpaired) electrons. The van der Waals surface area contributed by atoms with Gasteiger partial charge in [-0.05, 0) is 23.8 Å². The highest BCUT2D eigenvalue weighted by molar-refractivity contribution is 6.30. The number of carbonyl (C=O) groups is 1. The van der Waals surface area contributed by atoms with Crippen LogP contribution in [-0.2, 0) is 6.54 Å². The molecule has 88 valence electrons. The van der Waals surface area contributed by atoms with E-state index in [0.29, 0.717) is 17.5 Å². The van der Waals surface area contributed by atoms with E-state index in [0.717, 1.165) is 5.56 Å². The first kappa shape index (κ1) is 11.5. The molecule has 0 aliphatic carbocycles. The maximum atomic E-state index is 11.4. The van der Waals surface area contributed by atoms with Crippen LogP contribution in [0.1, 0.15) is 5.56 Å². The van der Waals surface area contributed by atoms with Crippen molar-refractivity contribution in [2.24, 2.45) is 0 Å². The number of hydrogen-bond acceptors (Lipinski definition) is 2. The molecule has 1 aromatic carbocycles. The number of hydrogen-bond donors (Lipinski definition) is 2. The van der Waals surface area contributed by atoms with E-state index >= 15 is 0 Å². The Hall–Kier alpha value is -1.94. The van der Waals surface area contributed by atoms with Gasteiger partial charge in [-0.3, -0.25) is 5.32 Å². The average Bonchev–Trinajstić information content (AvgIpc) is 2.81. The van der Waals surface area contributed by atoms with Gasteiger partial charge in [-0.2, -0.15) is 0 Å². The van der Waals surface area contributed by atoms with Gasteiger partial charge < -0.3 is 9.73 Å². The van der Waals surface area contributed by atoms with E-state index in [1.807, 2.05) is 12.1 Å². The number of nitrogens with one attached hydrogen (secondary N) is 2. The van der Waals surface area contributed by atoms with Gasteiger partial charge in [0.05, 0.1) is 6.26 Å². The molecule has 2 amide bonds. The zero-order valence-electron chi connectivity index (χ0n) is 8.94. The standard InChI is InChI=1S/C12H11ClN2O2/c13-10-5-3-9(4-6-10)8-14-12(16)15-11-2-1-7-17-11/h1-7H,8H2,(H2,14,15,16). The first-order chi connectivity index (χ1) is 8.24. The van der Waals surface area contributed by atoms with Crippen molar-refractivity contribution in [1.29, 1.82) is 0 Å². The molecule has 2 aromatic rings. The molecular weight excluding hydrogens is 240 g/mol. The average molecular weight is 251 g/mol. The second-order valence-corrected chi connectivity index (χ2v) is 3.85. The van der Waals surface area contributed by atoms with Gasteiger partial charge in [0, 0.05) is 17.6 Å². The van der Waals surface area contributed by atoms with Crippen molar-refractivity contribution in [3.63, 3.8) is 0 Å². The summed E-state index contributed by atoms with van der Waals surface area (Å²) in [6.45, 7) is 0.434. The van der Waals surface area contributed by atoms with E-state index in [2.05, 4.69) is 10.6 Å². The van der Waals surface area contributed by atoms with E-state index in [1.54, 1.807) is 24.3 Å². The van der Waals surface area contributed by atoms with Crippen molar-refractivity contribution >= 4 is 23.5 Å². The maximum Gasteiger partial charge on any atom is 0.321 e. The molecule has 0 saturated heterocycles. The number of benzene rings is 1. The zero-order valence-corrected chi connectivity index (χ0v) is 9.70. The van der Waals surface area contributed by atoms with Crippen molar-refractivity contribution < 1.29 is 9.21 Å². The number of amides is 2. The Morgan fingerprint density at radius 3 is 2.65 bits per heavy atom. The lowest BCUT2D eigenvalue weighted by Crippen LogP contribution is -2.27. The second kappa shape index (κ2) is 5.41. The predicted molar refractivity (Wildman–Crippen MR) is 66.0 cm³/mol. The predicted octanol–water partition coefficient (Wildman–Crippen LogP) is 3.25. The molecule has 0 aliphatic heterocycles. The van der Waals surface area contributed by atoms with Gasteiger partial charge in [-0.15, -0.1) is 0 Å². The number of rotatable bonds is 3. The van der Waals surface area contributed by atoms with E-state index in [4.69, 9.17) is 16.0 Å². The second-order valence-electron chi connectivity index (χ2n) is 3.41. The highest BCUT2D eigenvalue weighted by Crippen LogP contribution is 2.09. The third kappa shape index (κ3) is 3.53. The molecule has 2 rings (SSSR count). The third-order valence-corrected chi connectivity index (χ3v) is 2.38. The van der Waals surface area contributed by atoms with Crippen LogP contribution in [0.25, 0.3) is 0 Å². The Morgan fingerprint density at radius 2 is 2.00 bits per heavy atom. The molecule has 0 atom stereocenters. The Bertz CT molecular complexity index is 480. The lowest BCUT2D eigenvalue weighted by Gasteiger charge is -2.05. The normalized spacial score (nSPS) is 9.94. The summed E-state index contributed by atoms with van der Waals surface area (Å²) in [6, 6.07) is 10.3. The summed E-state index contributed by atoms with van der Waals surface area (Å²) in [4.78, 5) is 11.4. The minimum atomic E-state index is -0.310. The molecule has 0 aliphatic rings. The molecule has 0 fully saturated rings. The summed E-state index contributed by atoms with van der Waals surface area (Å²) in [5.74, 6) is 0.415. The lowest BCUT2D eigenvalue weighted by atomic mass is 10.2. The SMILES string of the molecule is O=C(NCc1ccc(Cl)cc1)Nc1ccco1. The summed E-state index contributed by atoms with van der Waals surface area (Å²) in [6.07, 6.45) is 1.49. The van der Waals surface area contributed by atoms with Crippen molar-refractivity contribution in [2.45, 2.75) is 6.54 Å². The van der Waals surface area contributed by atoms with Crippen LogP contribution in [0.3, 0.4) is 0 Å². The molecule has 0 spiro atoms. The molecule has 0 bridgehead atoms. The van der Waals surface area contributed by atoms with Crippen LogP contribution in [0, 0.1) is 0 Å². The summed E-state index contributed by atoms with van der Waals surface area (Å²) in [5, 5.41) is 5.94. The van der Waals surface area contributed by atoms with E-state index in [-0.39, 0.29) is 6.03 Å². The summed E-state index contributed by atoms with van der Waals surface area (Å²) >= 11 is 5.76. The maximum absolute atomic E-state index is 11.4. The molecule has 17 heavy (non-hydrogen) atoms. The first-order valence-corrected chi connectivity index (χ1v) is 5.44. The van der Waals surface area contributed by atoms with Gasteiger partial charge in [0.15, 0.2) is 0 Å². The number of furan rings is 1. The monoisotopic (exact) mass is 250 g/mol. The lowest BCUT2D eigenvalue weighted by molar-refractivity contribution is 0.251. The molecule has 0 unspecified atom stereocenters. The van der Waals surface area contributed by atoms with Gasteiger partial charge in [-0.1, -0.05) is 23.7 Å². The zero-order chi connectivity index (χ0) is 12.1. The van der Waals surface area contributed by atoms with Crippen LogP contribution in [0.2, 0.25) is 5.02 Å². The minimum Gasteiger partial charge on any atom is -0.449 e. The van der Waals surface area contributed by atoms with Crippen molar-refractivity contribution in [3.8, 4) is 0 Å². The molecule has 1 aromatic heterocycles. The molecule has 5 heteroatoms. The quantitative estimate of drug-likeness (QED) is 0.879. The fourth-order valence-electron chi connectivity index (χ4n) is 1.29. The van der Waals surface area contributed by atoms with Crippen LogP contribution < -0.4 is 10.6 Å². The van der Waals surface area contributed by atoms with Crippen LogP contribution in [0.15, 0.2) is 47.1 Å². The van der Waals surface area contributed by atoms with Gasteiger partial charge in [0.25, 0.3) is 0 Å². The fourth-order valence-corrected chi connectivity index (χ4v) is 1.42. The molecule has 2 N–H and O–H groups in total. The van der Waals surface area contributed by atoms with Gasteiger partial charge in [0.2, 0.25) is 5.88 Å². The van der Waals surface area contributed by atoms with Crippen molar-refractivity contribution in [3.05, 3.63) is 53.2 Å². The fraction of sp³-hybridized carbons (Fsp3) is 0.0833. The van der Waals surface area contributed by atoms with E-state index in [1.165, 1.54) is 6.26 Å². The van der Waals surface area contributed by atoms with E-state index < -0.39 is 0 Å². The van der Waals surface area contributed by atoms with Gasteiger partial charge in [0.1, 0.15) is 0 Å². The number of carbonyl (C=O) groups excluding carboxylic acids is 1. The van der Waals surface area contributed by atoms with Gasteiger partial charge in [-0.25, -0.2) is 4.79 Å². The summed E-state index contributed by atoms with van der Waals surface area (Å²) in [7, 11) is 0. The number of urea groups is 1. The van der Waals surface area contributed by atoms with Crippen molar-refractivity contribution in [1.82, 2.24) is 5.32 Å². The highest BCUT2D eigenvalue weighted by atomic mass is 35.5. The smallest absolute Gasteiger partial charge is 0.321 e. The van der Waals surface area contributed by atoms with Crippen LogP contribution in [0.4, 0.5) is 10.7 Å². The van der Waals surface area contributed by atoms with Gasteiger partial charge >= 0.3 is 6.03 Å². The minimum absolute atomic E-state index is 0.310. The van der Waals surface area contributed by atoms with Crippen LogP contribution in [-0.4, -0.2) is 6.03 Å². The Balaban J connectivity index is 1.82. The Morgan fingerprint density at radius 1 is 1.24 bits per heavy atom. The number of halogens is 1. The molecule has 4 nitrogen and oxygen atoms in total. The Labute approximate surface area is 104 Å².